The average Bonchev–Trinajstić information content (AvgIpc) is 2.64. The lowest BCUT2D eigenvalue weighted by Crippen LogP contribution is -2.15. The number of rotatable bonds is 3. The van der Waals surface area contributed by atoms with Crippen molar-refractivity contribution in [1.29, 1.82) is 0 Å². The molecule has 0 fully saturated rings. The molecule has 1 aromatic heterocycles. The van der Waals surface area contributed by atoms with Gasteiger partial charge < -0.3 is 4.74 Å². The fourth-order valence-corrected chi connectivity index (χ4v) is 2.42. The second kappa shape index (κ2) is 7.02. The molecule has 24 heavy (non-hydrogen) atoms. The Labute approximate surface area is 144 Å². The molecule has 118 valence electrons. The first-order valence-corrected chi connectivity index (χ1v) is 7.66. The molecule has 0 bridgehead atoms. The van der Waals surface area contributed by atoms with E-state index in [4.69, 9.17) is 17.0 Å². The fraction of sp³-hybridized carbons (Fsp3) is 0. The van der Waals surface area contributed by atoms with Gasteiger partial charge in [0.15, 0.2) is 10.4 Å². The third-order valence-corrected chi connectivity index (χ3v) is 3.76. The Morgan fingerprint density at radius 2 is 1.38 bits per heavy atom. The molecule has 0 saturated heterocycles. The van der Waals surface area contributed by atoms with Gasteiger partial charge in [-0.05, 0) is 36.4 Å². The average molecular weight is 335 g/mol. The van der Waals surface area contributed by atoms with E-state index >= 15 is 0 Å². The number of carbonyl (C=O) groups is 2. The van der Waals surface area contributed by atoms with Gasteiger partial charge in [0, 0.05) is 11.8 Å². The van der Waals surface area contributed by atoms with Gasteiger partial charge in [-0.25, -0.2) is 4.79 Å². The summed E-state index contributed by atoms with van der Waals surface area (Å²) in [6.45, 7) is 0. The van der Waals surface area contributed by atoms with Crippen LogP contribution in [0.3, 0.4) is 0 Å². The summed E-state index contributed by atoms with van der Waals surface area (Å²) in [6, 6.07) is 20.6. The van der Waals surface area contributed by atoms with Crippen LogP contribution >= 0.6 is 12.2 Å². The first-order chi connectivity index (χ1) is 11.7. The minimum atomic E-state index is -0.522. The van der Waals surface area contributed by atoms with Crippen LogP contribution in [-0.2, 0) is 0 Å². The molecule has 0 unspecified atom stereocenters. The Morgan fingerprint density at radius 3 is 2.00 bits per heavy atom. The summed E-state index contributed by atoms with van der Waals surface area (Å²) >= 11 is 5.30. The second-order valence-corrected chi connectivity index (χ2v) is 5.36. The van der Waals surface area contributed by atoms with Crippen molar-refractivity contribution < 1.29 is 14.3 Å². The van der Waals surface area contributed by atoms with Crippen molar-refractivity contribution in [1.82, 2.24) is 4.57 Å². The maximum Gasteiger partial charge on any atom is 0.343 e. The maximum atomic E-state index is 12.5. The Kier molecular flexibility index (Phi) is 4.63. The van der Waals surface area contributed by atoms with E-state index in [0.29, 0.717) is 11.1 Å². The van der Waals surface area contributed by atoms with Gasteiger partial charge in [-0.15, -0.1) is 0 Å². The van der Waals surface area contributed by atoms with Crippen LogP contribution < -0.4 is 4.74 Å². The predicted molar refractivity (Wildman–Crippen MR) is 92.8 cm³/mol. The first-order valence-electron chi connectivity index (χ1n) is 7.25. The Balaban J connectivity index is 1.91. The van der Waals surface area contributed by atoms with E-state index in [0.717, 1.165) is 0 Å². The maximum absolute atomic E-state index is 12.5. The smallest absolute Gasteiger partial charge is 0.343 e. The summed E-state index contributed by atoms with van der Waals surface area (Å²) in [4.78, 5) is 24.7. The highest BCUT2D eigenvalue weighted by Gasteiger charge is 2.13. The molecule has 0 N–H and O–H groups in total. The number of hydrogen-bond donors (Lipinski definition) is 0. The number of benzene rings is 2. The molecule has 0 saturated carbocycles. The molecular weight excluding hydrogens is 322 g/mol. The molecular formula is C19H13NO3S. The molecule has 2 aromatic carbocycles. The van der Waals surface area contributed by atoms with Crippen molar-refractivity contribution in [2.75, 3.05) is 0 Å². The minimum Gasteiger partial charge on any atom is -0.420 e. The molecule has 0 amide bonds. The van der Waals surface area contributed by atoms with E-state index in [1.165, 1.54) is 4.57 Å². The quantitative estimate of drug-likeness (QED) is 0.533. The number of ether oxygens (including phenoxy) is 1. The second-order valence-electron chi connectivity index (χ2n) is 4.97. The van der Waals surface area contributed by atoms with Crippen molar-refractivity contribution in [3.63, 3.8) is 0 Å². The van der Waals surface area contributed by atoms with E-state index in [1.54, 1.807) is 66.9 Å². The molecule has 0 aliphatic carbocycles. The highest BCUT2D eigenvalue weighted by Crippen LogP contribution is 2.16. The molecule has 4 nitrogen and oxygen atoms in total. The third kappa shape index (κ3) is 3.31. The number of pyridine rings is 1. The molecule has 5 heteroatoms. The zero-order chi connectivity index (χ0) is 16.9. The van der Waals surface area contributed by atoms with E-state index in [-0.39, 0.29) is 16.3 Å². The fourth-order valence-electron chi connectivity index (χ4n) is 2.16. The van der Waals surface area contributed by atoms with E-state index in [9.17, 15) is 9.59 Å². The van der Waals surface area contributed by atoms with Crippen molar-refractivity contribution in [2.45, 2.75) is 0 Å². The highest BCUT2D eigenvalue weighted by atomic mass is 32.1. The molecule has 0 aliphatic rings. The molecule has 1 heterocycles. The lowest BCUT2D eigenvalue weighted by Gasteiger charge is -2.09. The van der Waals surface area contributed by atoms with E-state index < -0.39 is 5.97 Å². The van der Waals surface area contributed by atoms with Gasteiger partial charge in [-0.2, -0.15) is 0 Å². The van der Waals surface area contributed by atoms with Gasteiger partial charge in [0.25, 0.3) is 5.91 Å². The lowest BCUT2D eigenvalue weighted by atomic mass is 10.2. The highest BCUT2D eigenvalue weighted by molar-refractivity contribution is 7.71. The van der Waals surface area contributed by atoms with Crippen molar-refractivity contribution in [3.8, 4) is 5.75 Å². The Morgan fingerprint density at radius 1 is 0.792 bits per heavy atom. The summed E-state index contributed by atoms with van der Waals surface area (Å²) in [5, 5.41) is 0. The van der Waals surface area contributed by atoms with Gasteiger partial charge in [-0.3, -0.25) is 9.36 Å². The summed E-state index contributed by atoms with van der Waals surface area (Å²) in [5.74, 6) is -0.629. The SMILES string of the molecule is O=C(Oc1cccn(C(=O)c2ccccc2)c1=S)c1ccccc1. The zero-order valence-electron chi connectivity index (χ0n) is 12.6. The van der Waals surface area contributed by atoms with Crippen molar-refractivity contribution in [3.05, 3.63) is 94.8 Å². The number of carbonyl (C=O) groups excluding carboxylic acids is 2. The number of hydrogen-bond acceptors (Lipinski definition) is 4. The largest absolute Gasteiger partial charge is 0.420 e. The topological polar surface area (TPSA) is 48.3 Å². The Bertz CT molecular complexity index is 934. The lowest BCUT2D eigenvalue weighted by molar-refractivity contribution is 0.0730. The minimum absolute atomic E-state index is 0.149. The molecule has 3 rings (SSSR count). The zero-order valence-corrected chi connectivity index (χ0v) is 13.4. The summed E-state index contributed by atoms with van der Waals surface area (Å²) in [6.07, 6.45) is 1.55. The van der Waals surface area contributed by atoms with Gasteiger partial charge in [-0.1, -0.05) is 48.6 Å². The van der Waals surface area contributed by atoms with Crippen LogP contribution in [0.4, 0.5) is 0 Å². The monoisotopic (exact) mass is 335 g/mol. The number of nitrogens with zero attached hydrogens (tertiary/aromatic N) is 1. The molecule has 0 atom stereocenters. The number of aromatic nitrogens is 1. The van der Waals surface area contributed by atoms with Gasteiger partial charge >= 0.3 is 5.97 Å². The normalized spacial score (nSPS) is 10.2. The van der Waals surface area contributed by atoms with E-state index in [1.807, 2.05) is 12.1 Å². The van der Waals surface area contributed by atoms with Gasteiger partial charge in [0.05, 0.1) is 5.56 Å². The standard InChI is InChI=1S/C19H13NO3S/c21-17(14-8-3-1-4-9-14)20-13-7-12-16(18(20)24)23-19(22)15-10-5-2-6-11-15/h1-13H. The van der Waals surface area contributed by atoms with Crippen LogP contribution in [0.1, 0.15) is 20.7 Å². The van der Waals surface area contributed by atoms with Crippen LogP contribution in [0.2, 0.25) is 0 Å². The predicted octanol–water partition coefficient (Wildman–Crippen LogP) is 4.13. The van der Waals surface area contributed by atoms with Crippen molar-refractivity contribution in [2.24, 2.45) is 0 Å². The Hall–Kier alpha value is -3.05. The van der Waals surface area contributed by atoms with E-state index in [2.05, 4.69) is 0 Å². The van der Waals surface area contributed by atoms with Crippen LogP contribution in [0.15, 0.2) is 79.0 Å². The van der Waals surface area contributed by atoms with Crippen LogP contribution in [0.5, 0.6) is 5.75 Å². The first kappa shape index (κ1) is 15.8. The van der Waals surface area contributed by atoms with Crippen LogP contribution in [0.25, 0.3) is 0 Å². The molecule has 3 aromatic rings. The molecule has 0 spiro atoms. The van der Waals surface area contributed by atoms with Crippen LogP contribution in [0, 0.1) is 4.64 Å². The number of esters is 1. The van der Waals surface area contributed by atoms with Crippen molar-refractivity contribution >= 4 is 24.1 Å². The summed E-state index contributed by atoms with van der Waals surface area (Å²) < 4.78 is 6.78. The summed E-state index contributed by atoms with van der Waals surface area (Å²) in [7, 11) is 0. The molecule has 0 aliphatic heterocycles. The summed E-state index contributed by atoms with van der Waals surface area (Å²) in [5.41, 5.74) is 0.914. The third-order valence-electron chi connectivity index (χ3n) is 3.36. The van der Waals surface area contributed by atoms with Gasteiger partial charge in [0.1, 0.15) is 0 Å². The molecule has 0 radical (unpaired) electrons. The van der Waals surface area contributed by atoms with Crippen LogP contribution in [-0.4, -0.2) is 16.4 Å². The van der Waals surface area contributed by atoms with Gasteiger partial charge in [0.2, 0.25) is 0 Å².